The molecule has 0 aliphatic heterocycles. The molecule has 88 valence electrons. The van der Waals surface area contributed by atoms with E-state index in [4.69, 9.17) is 9.62 Å². The van der Waals surface area contributed by atoms with Gasteiger partial charge in [-0.05, 0) is 26.7 Å². The van der Waals surface area contributed by atoms with Gasteiger partial charge in [-0.2, -0.15) is 0 Å². The molecule has 4 heteroatoms. The summed E-state index contributed by atoms with van der Waals surface area (Å²) in [5.74, 6) is -1.13. The van der Waals surface area contributed by atoms with Gasteiger partial charge in [-0.15, -0.1) is 4.89 Å². The first kappa shape index (κ1) is 14.1. The quantitative estimate of drug-likeness (QED) is 0.296. The second kappa shape index (κ2) is 5.88. The second-order valence-corrected chi connectivity index (χ2v) is 4.34. The maximum atomic E-state index is 11.0. The molecule has 0 fully saturated rings. The van der Waals surface area contributed by atoms with E-state index in [0.717, 1.165) is 0 Å². The molecule has 0 radical (unpaired) electrons. The molecule has 0 aliphatic carbocycles. The van der Waals surface area contributed by atoms with Crippen molar-refractivity contribution in [1.29, 1.82) is 0 Å². The Morgan fingerprint density at radius 2 is 1.93 bits per heavy atom. The molecule has 0 spiro atoms. The molecule has 15 heavy (non-hydrogen) atoms. The summed E-state index contributed by atoms with van der Waals surface area (Å²) in [4.78, 5) is 20.4. The maximum absolute atomic E-state index is 11.0. The topological polar surface area (TPSA) is 44.8 Å². The predicted octanol–water partition coefficient (Wildman–Crippen LogP) is 2.45. The maximum Gasteiger partial charge on any atom is 0.368 e. The molecule has 0 bridgehead atoms. The van der Waals surface area contributed by atoms with Gasteiger partial charge in [-0.3, -0.25) is 4.89 Å². The molecule has 0 aromatic carbocycles. The van der Waals surface area contributed by atoms with Crippen molar-refractivity contribution in [3.8, 4) is 0 Å². The Labute approximate surface area is 91.1 Å². The zero-order chi connectivity index (χ0) is 12.1. The Bertz CT molecular complexity index is 231. The molecule has 4 nitrogen and oxygen atoms in total. The fraction of sp³-hybridized carbons (Fsp3) is 0.727. The number of hydrogen-bond donors (Lipinski definition) is 0. The molecule has 0 aliphatic rings. The van der Waals surface area contributed by atoms with E-state index in [2.05, 4.69) is 11.5 Å². The first-order valence-electron chi connectivity index (χ1n) is 4.94. The Morgan fingerprint density at radius 1 is 1.40 bits per heavy atom. The summed E-state index contributed by atoms with van der Waals surface area (Å²) in [5, 5.41) is 0. The highest BCUT2D eigenvalue weighted by Gasteiger charge is 2.23. The summed E-state index contributed by atoms with van der Waals surface area (Å²) in [6.07, 6.45) is 0. The van der Waals surface area contributed by atoms with Crippen LogP contribution in [0.1, 0.15) is 34.6 Å². The number of carbonyl (C=O) groups is 1. The molecule has 0 unspecified atom stereocenters. The molecule has 0 N–H and O–H groups in total. The lowest BCUT2D eigenvalue weighted by Crippen LogP contribution is -2.31. The summed E-state index contributed by atoms with van der Waals surface area (Å²) in [6, 6.07) is 0. The molecule has 0 aromatic rings. The van der Waals surface area contributed by atoms with Gasteiger partial charge in [0.1, 0.15) is 0 Å². The lowest BCUT2D eigenvalue weighted by Gasteiger charge is -2.24. The SMILES string of the molecule is C=C(C)C(=O)OOC(C)(C)OCC(C)C. The monoisotopic (exact) mass is 216 g/mol. The third kappa shape index (κ3) is 7.11. The second-order valence-electron chi connectivity index (χ2n) is 4.34. The number of rotatable bonds is 6. The standard InChI is InChI=1S/C11H20O4/c1-8(2)7-13-11(5,6)15-14-10(12)9(3)4/h8H,3,7H2,1-2,4-6H3. The van der Waals surface area contributed by atoms with E-state index in [1.54, 1.807) is 20.8 Å². The van der Waals surface area contributed by atoms with Gasteiger partial charge in [0.05, 0.1) is 6.61 Å². The van der Waals surface area contributed by atoms with Gasteiger partial charge >= 0.3 is 5.97 Å². The molecule has 0 amide bonds. The Hall–Kier alpha value is -0.870. The third-order valence-electron chi connectivity index (χ3n) is 1.43. The summed E-state index contributed by atoms with van der Waals surface area (Å²) >= 11 is 0. The first-order valence-corrected chi connectivity index (χ1v) is 4.94. The first-order chi connectivity index (χ1) is 6.74. The number of carbonyl (C=O) groups excluding carboxylic acids is 1. The van der Waals surface area contributed by atoms with Crippen molar-refractivity contribution in [1.82, 2.24) is 0 Å². The Balaban J connectivity index is 3.93. The molecule has 0 atom stereocenters. The molecular formula is C11H20O4. The van der Waals surface area contributed by atoms with Crippen molar-refractivity contribution >= 4 is 5.97 Å². The molecular weight excluding hydrogens is 196 g/mol. The van der Waals surface area contributed by atoms with Crippen LogP contribution in [-0.2, 0) is 19.3 Å². The van der Waals surface area contributed by atoms with E-state index < -0.39 is 11.8 Å². The smallest absolute Gasteiger partial charge is 0.347 e. The van der Waals surface area contributed by atoms with E-state index in [1.165, 1.54) is 0 Å². The van der Waals surface area contributed by atoms with Gasteiger partial charge in [0.25, 0.3) is 0 Å². The van der Waals surface area contributed by atoms with Crippen molar-refractivity contribution in [2.24, 2.45) is 5.92 Å². The average molecular weight is 216 g/mol. The van der Waals surface area contributed by atoms with Crippen LogP contribution >= 0.6 is 0 Å². The van der Waals surface area contributed by atoms with Gasteiger partial charge in [0.15, 0.2) is 0 Å². The van der Waals surface area contributed by atoms with Crippen LogP contribution in [0.5, 0.6) is 0 Å². The van der Waals surface area contributed by atoms with Crippen LogP contribution in [0.3, 0.4) is 0 Å². The van der Waals surface area contributed by atoms with Crippen molar-refractivity contribution in [3.05, 3.63) is 12.2 Å². The van der Waals surface area contributed by atoms with Gasteiger partial charge in [-0.25, -0.2) is 4.79 Å². The van der Waals surface area contributed by atoms with Gasteiger partial charge < -0.3 is 4.74 Å². The highest BCUT2D eigenvalue weighted by Crippen LogP contribution is 2.14. The largest absolute Gasteiger partial charge is 0.368 e. The highest BCUT2D eigenvalue weighted by atomic mass is 17.2. The van der Waals surface area contributed by atoms with E-state index in [-0.39, 0.29) is 5.57 Å². The molecule has 0 heterocycles. The van der Waals surface area contributed by atoms with Gasteiger partial charge in [0.2, 0.25) is 5.79 Å². The van der Waals surface area contributed by atoms with Crippen molar-refractivity contribution in [2.45, 2.75) is 40.4 Å². The average Bonchev–Trinajstić information content (AvgIpc) is 2.11. The van der Waals surface area contributed by atoms with Gasteiger partial charge in [0, 0.05) is 5.57 Å². The fourth-order valence-corrected chi connectivity index (χ4v) is 0.601. The third-order valence-corrected chi connectivity index (χ3v) is 1.43. The molecule has 0 aromatic heterocycles. The minimum absolute atomic E-state index is 0.287. The van der Waals surface area contributed by atoms with E-state index in [1.807, 2.05) is 13.8 Å². The number of ether oxygens (including phenoxy) is 1. The molecule has 0 saturated heterocycles. The zero-order valence-corrected chi connectivity index (χ0v) is 10.1. The summed E-state index contributed by atoms with van der Waals surface area (Å²) < 4.78 is 5.39. The summed E-state index contributed by atoms with van der Waals surface area (Å²) in [5.41, 5.74) is 0.287. The summed E-state index contributed by atoms with van der Waals surface area (Å²) in [6.45, 7) is 12.9. The minimum Gasteiger partial charge on any atom is -0.347 e. The van der Waals surface area contributed by atoms with Crippen LogP contribution in [0.15, 0.2) is 12.2 Å². The van der Waals surface area contributed by atoms with Crippen LogP contribution < -0.4 is 0 Å². The van der Waals surface area contributed by atoms with Crippen LogP contribution in [0.2, 0.25) is 0 Å². The van der Waals surface area contributed by atoms with E-state index in [0.29, 0.717) is 12.5 Å². The predicted molar refractivity (Wildman–Crippen MR) is 56.9 cm³/mol. The number of hydrogen-bond acceptors (Lipinski definition) is 4. The lowest BCUT2D eigenvalue weighted by molar-refractivity contribution is -0.391. The van der Waals surface area contributed by atoms with Gasteiger partial charge in [-0.1, -0.05) is 20.4 Å². The molecule has 0 saturated carbocycles. The molecule has 0 rings (SSSR count). The van der Waals surface area contributed by atoms with E-state index >= 15 is 0 Å². The van der Waals surface area contributed by atoms with Crippen LogP contribution in [-0.4, -0.2) is 18.4 Å². The highest BCUT2D eigenvalue weighted by molar-refractivity contribution is 5.86. The fourth-order valence-electron chi connectivity index (χ4n) is 0.601. The van der Waals surface area contributed by atoms with Crippen molar-refractivity contribution in [2.75, 3.05) is 6.61 Å². The Morgan fingerprint density at radius 3 is 2.33 bits per heavy atom. The normalized spacial score (nSPS) is 11.6. The minimum atomic E-state index is -0.935. The van der Waals surface area contributed by atoms with Crippen LogP contribution in [0.25, 0.3) is 0 Å². The van der Waals surface area contributed by atoms with Crippen LogP contribution in [0.4, 0.5) is 0 Å². The van der Waals surface area contributed by atoms with E-state index in [9.17, 15) is 4.79 Å². The zero-order valence-electron chi connectivity index (χ0n) is 10.1. The summed E-state index contributed by atoms with van der Waals surface area (Å²) in [7, 11) is 0. The lowest BCUT2D eigenvalue weighted by atomic mass is 10.2. The van der Waals surface area contributed by atoms with Crippen molar-refractivity contribution < 1.29 is 19.3 Å². The van der Waals surface area contributed by atoms with Crippen molar-refractivity contribution in [3.63, 3.8) is 0 Å². The Kier molecular flexibility index (Phi) is 5.54. The van der Waals surface area contributed by atoms with Crippen LogP contribution in [0, 0.1) is 5.92 Å².